The van der Waals surface area contributed by atoms with E-state index in [0.29, 0.717) is 31.2 Å². The zero-order chi connectivity index (χ0) is 10.6. The van der Waals surface area contributed by atoms with Gasteiger partial charge in [-0.15, -0.1) is 0 Å². The summed E-state index contributed by atoms with van der Waals surface area (Å²) in [4.78, 5) is 4.20. The standard InChI is InChI=1S/C9H17N3O2/c1-9(2,10)6-8-11-7(12-14-8)4-5-13-3/h4-6,10H2,1-3H3. The Bertz CT molecular complexity index is 278. The second-order valence-corrected chi connectivity index (χ2v) is 4.01. The van der Waals surface area contributed by atoms with E-state index < -0.39 is 0 Å². The van der Waals surface area contributed by atoms with Crippen molar-refractivity contribution in [3.8, 4) is 0 Å². The summed E-state index contributed by atoms with van der Waals surface area (Å²) in [7, 11) is 1.64. The van der Waals surface area contributed by atoms with Gasteiger partial charge in [-0.05, 0) is 13.8 Å². The molecule has 0 saturated heterocycles. The molecule has 14 heavy (non-hydrogen) atoms. The molecule has 1 heterocycles. The molecule has 0 unspecified atom stereocenters. The number of hydrogen-bond acceptors (Lipinski definition) is 5. The lowest BCUT2D eigenvalue weighted by Crippen LogP contribution is -2.34. The molecule has 5 heteroatoms. The molecule has 0 fully saturated rings. The maximum atomic E-state index is 5.82. The first-order chi connectivity index (χ1) is 6.51. The maximum absolute atomic E-state index is 5.82. The van der Waals surface area contributed by atoms with Crippen LogP contribution in [-0.4, -0.2) is 29.4 Å². The Morgan fingerprint density at radius 3 is 2.79 bits per heavy atom. The van der Waals surface area contributed by atoms with Gasteiger partial charge in [0.15, 0.2) is 5.82 Å². The summed E-state index contributed by atoms with van der Waals surface area (Å²) >= 11 is 0. The molecule has 0 aliphatic carbocycles. The first kappa shape index (κ1) is 11.1. The van der Waals surface area contributed by atoms with Crippen molar-refractivity contribution >= 4 is 0 Å². The van der Waals surface area contributed by atoms with E-state index in [1.807, 2.05) is 13.8 Å². The summed E-state index contributed by atoms with van der Waals surface area (Å²) in [5, 5.41) is 3.82. The van der Waals surface area contributed by atoms with Crippen LogP contribution in [0.4, 0.5) is 0 Å². The van der Waals surface area contributed by atoms with Crippen LogP contribution in [0, 0.1) is 0 Å². The van der Waals surface area contributed by atoms with Gasteiger partial charge in [-0.1, -0.05) is 5.16 Å². The van der Waals surface area contributed by atoms with Crippen molar-refractivity contribution in [2.75, 3.05) is 13.7 Å². The Morgan fingerprint density at radius 1 is 1.50 bits per heavy atom. The molecule has 5 nitrogen and oxygen atoms in total. The van der Waals surface area contributed by atoms with Gasteiger partial charge in [-0.25, -0.2) is 0 Å². The third kappa shape index (κ3) is 3.85. The molecule has 0 saturated carbocycles. The van der Waals surface area contributed by atoms with Gasteiger partial charge in [0.05, 0.1) is 6.61 Å². The van der Waals surface area contributed by atoms with E-state index >= 15 is 0 Å². The zero-order valence-corrected chi connectivity index (χ0v) is 8.91. The summed E-state index contributed by atoms with van der Waals surface area (Å²) in [5.74, 6) is 1.26. The number of hydrogen-bond donors (Lipinski definition) is 1. The lowest BCUT2D eigenvalue weighted by Gasteiger charge is -2.14. The quantitative estimate of drug-likeness (QED) is 0.749. The highest BCUT2D eigenvalue weighted by molar-refractivity contribution is 4.92. The van der Waals surface area contributed by atoms with E-state index in [0.717, 1.165) is 0 Å². The molecule has 0 amide bonds. The third-order valence-electron chi connectivity index (χ3n) is 1.65. The highest BCUT2D eigenvalue weighted by Gasteiger charge is 2.16. The Balaban J connectivity index is 2.51. The van der Waals surface area contributed by atoms with Crippen LogP contribution in [0.25, 0.3) is 0 Å². The SMILES string of the molecule is COCCc1noc(CC(C)(C)N)n1. The van der Waals surface area contributed by atoms with E-state index in [4.69, 9.17) is 15.0 Å². The molecule has 0 aliphatic rings. The molecular weight excluding hydrogens is 182 g/mol. The van der Waals surface area contributed by atoms with Gasteiger partial charge in [-0.2, -0.15) is 4.98 Å². The van der Waals surface area contributed by atoms with Crippen LogP contribution in [0.2, 0.25) is 0 Å². The molecule has 1 aromatic rings. The lowest BCUT2D eigenvalue weighted by atomic mass is 10.0. The van der Waals surface area contributed by atoms with Crippen LogP contribution in [0.15, 0.2) is 4.52 Å². The topological polar surface area (TPSA) is 74.2 Å². The maximum Gasteiger partial charge on any atom is 0.228 e. The van der Waals surface area contributed by atoms with Gasteiger partial charge >= 0.3 is 0 Å². The molecule has 0 spiro atoms. The monoisotopic (exact) mass is 199 g/mol. The summed E-state index contributed by atoms with van der Waals surface area (Å²) in [6.45, 7) is 4.45. The number of methoxy groups -OCH3 is 1. The summed E-state index contributed by atoms with van der Waals surface area (Å²) in [5.41, 5.74) is 5.51. The van der Waals surface area contributed by atoms with Crippen LogP contribution in [0.1, 0.15) is 25.6 Å². The highest BCUT2D eigenvalue weighted by atomic mass is 16.5. The fourth-order valence-corrected chi connectivity index (χ4v) is 1.05. The predicted octanol–water partition coefficient (Wildman–Crippen LogP) is 0.538. The van der Waals surface area contributed by atoms with Gasteiger partial charge in [0.25, 0.3) is 0 Å². The Morgan fingerprint density at radius 2 is 2.21 bits per heavy atom. The summed E-state index contributed by atoms with van der Waals surface area (Å²) in [6.07, 6.45) is 1.26. The average Bonchev–Trinajstić information content (AvgIpc) is 2.46. The van der Waals surface area contributed by atoms with Crippen LogP contribution in [0.5, 0.6) is 0 Å². The molecule has 1 aromatic heterocycles. The van der Waals surface area contributed by atoms with Crippen molar-refractivity contribution in [1.29, 1.82) is 0 Å². The van der Waals surface area contributed by atoms with Crippen molar-refractivity contribution in [3.63, 3.8) is 0 Å². The van der Waals surface area contributed by atoms with Crippen molar-refractivity contribution < 1.29 is 9.26 Å². The largest absolute Gasteiger partial charge is 0.384 e. The van der Waals surface area contributed by atoms with Crippen molar-refractivity contribution in [1.82, 2.24) is 10.1 Å². The van der Waals surface area contributed by atoms with Crippen molar-refractivity contribution in [3.05, 3.63) is 11.7 Å². The second kappa shape index (κ2) is 4.52. The first-order valence-corrected chi connectivity index (χ1v) is 4.60. The first-order valence-electron chi connectivity index (χ1n) is 4.60. The van der Waals surface area contributed by atoms with Crippen LogP contribution >= 0.6 is 0 Å². The van der Waals surface area contributed by atoms with E-state index in [9.17, 15) is 0 Å². The number of aromatic nitrogens is 2. The van der Waals surface area contributed by atoms with Crippen LogP contribution < -0.4 is 5.73 Å². The minimum atomic E-state index is -0.314. The molecule has 0 aliphatic heterocycles. The number of nitrogens with zero attached hydrogens (tertiary/aromatic N) is 2. The molecule has 1 rings (SSSR count). The van der Waals surface area contributed by atoms with E-state index in [-0.39, 0.29) is 5.54 Å². The molecule has 0 radical (unpaired) electrons. The molecule has 0 bridgehead atoms. The summed E-state index contributed by atoms with van der Waals surface area (Å²) in [6, 6.07) is 0. The van der Waals surface area contributed by atoms with Crippen LogP contribution in [-0.2, 0) is 17.6 Å². The van der Waals surface area contributed by atoms with Crippen molar-refractivity contribution in [2.24, 2.45) is 5.73 Å². The highest BCUT2D eigenvalue weighted by Crippen LogP contribution is 2.07. The van der Waals surface area contributed by atoms with Gasteiger partial charge in [-0.3, -0.25) is 0 Å². The fourth-order valence-electron chi connectivity index (χ4n) is 1.05. The third-order valence-corrected chi connectivity index (χ3v) is 1.65. The minimum absolute atomic E-state index is 0.314. The van der Waals surface area contributed by atoms with E-state index in [2.05, 4.69) is 10.1 Å². The summed E-state index contributed by atoms with van der Waals surface area (Å²) < 4.78 is 9.95. The molecule has 0 aromatic carbocycles. The number of nitrogens with two attached hydrogens (primary N) is 1. The van der Waals surface area contributed by atoms with Crippen molar-refractivity contribution in [2.45, 2.75) is 32.2 Å². The zero-order valence-electron chi connectivity index (χ0n) is 8.91. The Labute approximate surface area is 83.6 Å². The predicted molar refractivity (Wildman–Crippen MR) is 51.8 cm³/mol. The Hall–Kier alpha value is -0.940. The lowest BCUT2D eigenvalue weighted by molar-refractivity contribution is 0.199. The average molecular weight is 199 g/mol. The van der Waals surface area contributed by atoms with Gasteiger partial charge in [0.2, 0.25) is 5.89 Å². The van der Waals surface area contributed by atoms with Gasteiger partial charge in [0, 0.05) is 25.5 Å². The number of ether oxygens (including phenoxy) is 1. The molecular formula is C9H17N3O2. The number of rotatable bonds is 5. The second-order valence-electron chi connectivity index (χ2n) is 4.01. The molecule has 0 atom stereocenters. The normalized spacial score (nSPS) is 12.0. The Kier molecular flexibility index (Phi) is 3.60. The smallest absolute Gasteiger partial charge is 0.228 e. The molecule has 80 valence electrons. The minimum Gasteiger partial charge on any atom is -0.384 e. The van der Waals surface area contributed by atoms with E-state index in [1.165, 1.54) is 0 Å². The van der Waals surface area contributed by atoms with Gasteiger partial charge in [0.1, 0.15) is 0 Å². The fraction of sp³-hybridized carbons (Fsp3) is 0.778. The van der Waals surface area contributed by atoms with Crippen LogP contribution in [0.3, 0.4) is 0 Å². The molecule has 2 N–H and O–H groups in total. The van der Waals surface area contributed by atoms with E-state index in [1.54, 1.807) is 7.11 Å². The van der Waals surface area contributed by atoms with Gasteiger partial charge < -0.3 is 15.0 Å².